The smallest absolute Gasteiger partial charge is 0.191 e. The SMILES string of the molecule is CCN(CC)C(CNC(=NC)NC1CCc2nc(COC)nn2C1)c1cccc(OC)c1. The van der Waals surface area contributed by atoms with E-state index >= 15 is 0 Å². The van der Waals surface area contributed by atoms with Gasteiger partial charge in [0.2, 0.25) is 0 Å². The number of benzene rings is 1. The maximum Gasteiger partial charge on any atom is 0.191 e. The second kappa shape index (κ2) is 11.8. The number of fused-ring (bicyclic) bond motifs is 1. The molecule has 1 aliphatic rings. The number of aliphatic imine (C=N–C) groups is 1. The van der Waals surface area contributed by atoms with Crippen molar-refractivity contribution in [2.75, 3.05) is 40.9 Å². The van der Waals surface area contributed by atoms with Crippen LogP contribution in [0.2, 0.25) is 0 Å². The summed E-state index contributed by atoms with van der Waals surface area (Å²) in [4.78, 5) is 11.5. The molecular formula is C23H37N7O2. The van der Waals surface area contributed by atoms with E-state index in [1.54, 1.807) is 14.2 Å². The number of hydrogen-bond acceptors (Lipinski definition) is 6. The number of hydrogen-bond donors (Lipinski definition) is 2. The number of rotatable bonds is 10. The van der Waals surface area contributed by atoms with Gasteiger partial charge < -0.3 is 20.1 Å². The molecule has 0 aliphatic carbocycles. The molecule has 0 radical (unpaired) electrons. The van der Waals surface area contributed by atoms with Crippen molar-refractivity contribution < 1.29 is 9.47 Å². The first-order valence-electron chi connectivity index (χ1n) is 11.4. The van der Waals surface area contributed by atoms with Crippen LogP contribution in [0.15, 0.2) is 29.3 Å². The van der Waals surface area contributed by atoms with Crippen LogP contribution in [0.1, 0.15) is 43.5 Å². The first-order valence-corrected chi connectivity index (χ1v) is 11.4. The van der Waals surface area contributed by atoms with Crippen LogP contribution >= 0.6 is 0 Å². The van der Waals surface area contributed by atoms with Crippen molar-refractivity contribution in [3.63, 3.8) is 0 Å². The molecule has 2 atom stereocenters. The number of nitrogens with one attached hydrogen (secondary N) is 2. The van der Waals surface area contributed by atoms with Gasteiger partial charge in [0, 0.05) is 33.2 Å². The maximum atomic E-state index is 5.45. The third kappa shape index (κ3) is 5.98. The summed E-state index contributed by atoms with van der Waals surface area (Å²) in [5.74, 6) is 3.44. The van der Waals surface area contributed by atoms with Gasteiger partial charge in [0.25, 0.3) is 0 Å². The number of methoxy groups -OCH3 is 2. The third-order valence-electron chi connectivity index (χ3n) is 5.93. The van der Waals surface area contributed by atoms with Gasteiger partial charge in [0.15, 0.2) is 11.8 Å². The molecule has 1 aromatic carbocycles. The molecular weight excluding hydrogens is 406 g/mol. The summed E-state index contributed by atoms with van der Waals surface area (Å²) in [5, 5.41) is 11.7. The van der Waals surface area contributed by atoms with Crippen molar-refractivity contribution in [2.45, 2.75) is 51.9 Å². The molecule has 9 nitrogen and oxygen atoms in total. The molecule has 2 heterocycles. The zero-order valence-corrected chi connectivity index (χ0v) is 20.0. The van der Waals surface area contributed by atoms with E-state index in [0.717, 1.165) is 62.4 Å². The number of guanidine groups is 1. The van der Waals surface area contributed by atoms with Gasteiger partial charge in [-0.25, -0.2) is 9.67 Å². The van der Waals surface area contributed by atoms with Crippen LogP contribution in [0.3, 0.4) is 0 Å². The lowest BCUT2D eigenvalue weighted by atomic mass is 10.0. The van der Waals surface area contributed by atoms with E-state index in [1.807, 2.05) is 23.9 Å². The summed E-state index contributed by atoms with van der Waals surface area (Å²) in [6.07, 6.45) is 1.87. The molecule has 2 unspecified atom stereocenters. The van der Waals surface area contributed by atoms with Gasteiger partial charge in [-0.05, 0) is 37.2 Å². The fraction of sp³-hybridized carbons (Fsp3) is 0.609. The predicted molar refractivity (Wildman–Crippen MR) is 126 cm³/mol. The van der Waals surface area contributed by atoms with Gasteiger partial charge in [0.05, 0.1) is 19.7 Å². The molecule has 0 amide bonds. The number of nitrogens with zero attached hydrogens (tertiary/aromatic N) is 5. The van der Waals surface area contributed by atoms with Crippen molar-refractivity contribution in [2.24, 2.45) is 4.99 Å². The summed E-state index contributed by atoms with van der Waals surface area (Å²) in [5.41, 5.74) is 1.23. The second-order valence-corrected chi connectivity index (χ2v) is 7.91. The summed E-state index contributed by atoms with van der Waals surface area (Å²) < 4.78 is 12.6. The standard InChI is InChI=1S/C23H37N7O2/c1-6-29(7-2)20(17-9-8-10-19(13-17)32-5)14-25-23(24-3)26-18-11-12-22-27-21(16-31-4)28-30(22)15-18/h8-10,13,18,20H,6-7,11-12,14-16H2,1-5H3,(H2,24,25,26). The van der Waals surface area contributed by atoms with E-state index in [4.69, 9.17) is 9.47 Å². The Morgan fingerprint density at radius 3 is 2.81 bits per heavy atom. The lowest BCUT2D eigenvalue weighted by molar-refractivity contribution is 0.177. The Kier molecular flexibility index (Phi) is 8.87. The Labute approximate surface area is 191 Å². The topological polar surface area (TPSA) is 88.8 Å². The zero-order chi connectivity index (χ0) is 22.9. The molecule has 2 N–H and O–H groups in total. The highest BCUT2D eigenvalue weighted by atomic mass is 16.5. The fourth-order valence-electron chi connectivity index (χ4n) is 4.22. The first kappa shape index (κ1) is 24.0. The van der Waals surface area contributed by atoms with Crippen LogP contribution in [0, 0.1) is 0 Å². The van der Waals surface area contributed by atoms with Crippen LogP contribution in [0.5, 0.6) is 5.75 Å². The summed E-state index contributed by atoms with van der Waals surface area (Å²) in [7, 11) is 5.18. The Morgan fingerprint density at radius 1 is 1.31 bits per heavy atom. The monoisotopic (exact) mass is 443 g/mol. The van der Waals surface area contributed by atoms with E-state index in [2.05, 4.69) is 56.6 Å². The molecule has 1 aliphatic heterocycles. The van der Waals surface area contributed by atoms with Crippen molar-refractivity contribution in [1.29, 1.82) is 0 Å². The van der Waals surface area contributed by atoms with Gasteiger partial charge in [-0.2, -0.15) is 5.10 Å². The van der Waals surface area contributed by atoms with E-state index in [9.17, 15) is 0 Å². The number of likely N-dealkylation sites (N-methyl/N-ethyl adjacent to an activating group) is 1. The number of aromatic nitrogens is 3. The molecule has 0 saturated heterocycles. The minimum atomic E-state index is 0.212. The van der Waals surface area contributed by atoms with E-state index in [-0.39, 0.29) is 12.1 Å². The minimum Gasteiger partial charge on any atom is -0.497 e. The Morgan fingerprint density at radius 2 is 2.12 bits per heavy atom. The molecule has 2 aromatic rings. The van der Waals surface area contributed by atoms with E-state index in [1.165, 1.54) is 5.56 Å². The summed E-state index contributed by atoms with van der Waals surface area (Å²) in [6.45, 7) is 8.27. The van der Waals surface area contributed by atoms with Crippen molar-refractivity contribution in [1.82, 2.24) is 30.3 Å². The van der Waals surface area contributed by atoms with Crippen LogP contribution in [0.4, 0.5) is 0 Å². The molecule has 0 saturated carbocycles. The molecule has 9 heteroatoms. The first-order chi connectivity index (χ1) is 15.6. The Bertz CT molecular complexity index is 879. The predicted octanol–water partition coefficient (Wildman–Crippen LogP) is 2.00. The molecule has 0 fully saturated rings. The Hall–Kier alpha value is -2.65. The molecule has 0 spiro atoms. The average Bonchev–Trinajstić information content (AvgIpc) is 3.22. The zero-order valence-electron chi connectivity index (χ0n) is 20.0. The van der Waals surface area contributed by atoms with Crippen molar-refractivity contribution in [3.8, 4) is 5.75 Å². The normalized spacial score (nSPS) is 17.2. The quantitative estimate of drug-likeness (QED) is 0.429. The fourth-order valence-corrected chi connectivity index (χ4v) is 4.22. The van der Waals surface area contributed by atoms with E-state index in [0.29, 0.717) is 6.61 Å². The molecule has 176 valence electrons. The highest BCUT2D eigenvalue weighted by Gasteiger charge is 2.23. The lowest BCUT2D eigenvalue weighted by Crippen LogP contribution is -2.49. The summed E-state index contributed by atoms with van der Waals surface area (Å²) in [6, 6.07) is 8.77. The van der Waals surface area contributed by atoms with Gasteiger partial charge >= 0.3 is 0 Å². The molecule has 0 bridgehead atoms. The van der Waals surface area contributed by atoms with Gasteiger partial charge in [-0.3, -0.25) is 9.89 Å². The van der Waals surface area contributed by atoms with Gasteiger partial charge in [-0.1, -0.05) is 26.0 Å². The van der Waals surface area contributed by atoms with Crippen LogP contribution in [-0.4, -0.2) is 72.6 Å². The van der Waals surface area contributed by atoms with Crippen molar-refractivity contribution >= 4 is 5.96 Å². The number of ether oxygens (including phenoxy) is 2. The second-order valence-electron chi connectivity index (χ2n) is 7.91. The highest BCUT2D eigenvalue weighted by Crippen LogP contribution is 2.24. The maximum absolute atomic E-state index is 5.45. The largest absolute Gasteiger partial charge is 0.497 e. The molecule has 3 rings (SSSR count). The summed E-state index contributed by atoms with van der Waals surface area (Å²) >= 11 is 0. The molecule has 32 heavy (non-hydrogen) atoms. The Balaban J connectivity index is 1.64. The van der Waals surface area contributed by atoms with Crippen LogP contribution in [0.25, 0.3) is 0 Å². The number of aryl methyl sites for hydroxylation is 1. The minimum absolute atomic E-state index is 0.212. The third-order valence-corrected chi connectivity index (χ3v) is 5.93. The van der Waals surface area contributed by atoms with Gasteiger partial charge in [-0.15, -0.1) is 0 Å². The molecule has 1 aromatic heterocycles. The van der Waals surface area contributed by atoms with Gasteiger partial charge in [0.1, 0.15) is 18.2 Å². The lowest BCUT2D eigenvalue weighted by Gasteiger charge is -2.32. The van der Waals surface area contributed by atoms with Crippen molar-refractivity contribution in [3.05, 3.63) is 41.5 Å². The van der Waals surface area contributed by atoms with Crippen LogP contribution in [-0.2, 0) is 24.3 Å². The average molecular weight is 444 g/mol. The highest BCUT2D eigenvalue weighted by molar-refractivity contribution is 5.80. The van der Waals surface area contributed by atoms with E-state index < -0.39 is 0 Å². The van der Waals surface area contributed by atoms with Crippen LogP contribution < -0.4 is 15.4 Å².